The molecule has 2 aliphatic rings. The van der Waals surface area contributed by atoms with E-state index in [2.05, 4.69) is 22.0 Å². The topological polar surface area (TPSA) is 61.1 Å². The maximum Gasteiger partial charge on any atom is 0.163 e. The summed E-state index contributed by atoms with van der Waals surface area (Å²) in [6.07, 6.45) is 3.90. The number of benzene rings is 1. The number of rotatable bonds is 3. The number of fused-ring (bicyclic) bond motifs is 2. The highest BCUT2D eigenvalue weighted by Gasteiger charge is 2.25. The fourth-order valence-corrected chi connectivity index (χ4v) is 3.53. The van der Waals surface area contributed by atoms with E-state index in [0.717, 1.165) is 52.8 Å². The summed E-state index contributed by atoms with van der Waals surface area (Å²) < 4.78 is 19.1. The number of aromatic nitrogens is 3. The third-order valence-electron chi connectivity index (χ3n) is 4.79. The van der Waals surface area contributed by atoms with Gasteiger partial charge in [0.15, 0.2) is 22.9 Å². The van der Waals surface area contributed by atoms with Gasteiger partial charge in [0.2, 0.25) is 0 Å². The second-order valence-corrected chi connectivity index (χ2v) is 6.84. The lowest BCUT2D eigenvalue weighted by Gasteiger charge is -2.35. The Balaban J connectivity index is 1.51. The lowest BCUT2D eigenvalue weighted by Crippen LogP contribution is -2.51. The van der Waals surface area contributed by atoms with Crippen LogP contribution in [0.4, 0.5) is 0 Å². The van der Waals surface area contributed by atoms with Gasteiger partial charge in [-0.2, -0.15) is 5.10 Å². The average molecular weight is 352 g/mol. The van der Waals surface area contributed by atoms with Crippen molar-refractivity contribution in [2.24, 2.45) is 0 Å². The number of nitrogens with zero attached hydrogens (tertiary/aromatic N) is 4. The lowest BCUT2D eigenvalue weighted by atomic mass is 10.1. The van der Waals surface area contributed by atoms with Crippen LogP contribution in [-0.4, -0.2) is 59.0 Å². The molecule has 0 bridgehead atoms. The summed E-state index contributed by atoms with van der Waals surface area (Å²) in [6, 6.07) is 5.96. The molecule has 5 rings (SSSR count). The standard InChI is InChI=1S/C19H20N4O3/c1-12-18(13-3-4-16-17(7-13)25-6-5-24-16)19-20-8-14(11-23(19)21-12)26-15-9-22(2)10-15/h3-4,7-8,11,15H,5-6,9-10H2,1-2H3. The monoisotopic (exact) mass is 352 g/mol. The van der Waals surface area contributed by atoms with E-state index in [1.54, 1.807) is 10.7 Å². The van der Waals surface area contributed by atoms with Crippen LogP contribution in [0, 0.1) is 6.92 Å². The molecule has 1 saturated heterocycles. The summed E-state index contributed by atoms with van der Waals surface area (Å²) in [5, 5.41) is 4.62. The maximum atomic E-state index is 5.96. The molecule has 1 aromatic carbocycles. The van der Waals surface area contributed by atoms with E-state index in [4.69, 9.17) is 14.2 Å². The first-order valence-corrected chi connectivity index (χ1v) is 8.77. The summed E-state index contributed by atoms with van der Waals surface area (Å²) in [5.41, 5.74) is 3.73. The number of likely N-dealkylation sites (tertiary alicyclic amines) is 1. The first-order valence-electron chi connectivity index (χ1n) is 8.77. The molecule has 0 N–H and O–H groups in total. The predicted octanol–water partition coefficient (Wildman–Crippen LogP) is 2.17. The Morgan fingerprint density at radius 1 is 1.15 bits per heavy atom. The molecule has 0 atom stereocenters. The van der Waals surface area contributed by atoms with Crippen molar-refractivity contribution in [3.05, 3.63) is 36.3 Å². The van der Waals surface area contributed by atoms with E-state index in [9.17, 15) is 0 Å². The van der Waals surface area contributed by atoms with Gasteiger partial charge in [0.1, 0.15) is 19.3 Å². The molecule has 0 saturated carbocycles. The molecule has 7 heteroatoms. The zero-order chi connectivity index (χ0) is 17.7. The SMILES string of the molecule is Cc1nn2cc(OC3CN(C)C3)cnc2c1-c1ccc2c(c1)OCCO2. The summed E-state index contributed by atoms with van der Waals surface area (Å²) >= 11 is 0. The van der Waals surface area contributed by atoms with E-state index >= 15 is 0 Å². The molecule has 0 unspecified atom stereocenters. The minimum absolute atomic E-state index is 0.230. The Morgan fingerprint density at radius 2 is 1.96 bits per heavy atom. The Labute approximate surface area is 151 Å². The van der Waals surface area contributed by atoms with Crippen molar-refractivity contribution in [1.29, 1.82) is 0 Å². The molecule has 2 aromatic heterocycles. The van der Waals surface area contributed by atoms with Gasteiger partial charge in [0.05, 0.1) is 18.1 Å². The Kier molecular flexibility index (Phi) is 3.49. The van der Waals surface area contributed by atoms with Crippen molar-refractivity contribution < 1.29 is 14.2 Å². The Bertz CT molecular complexity index is 978. The predicted molar refractivity (Wildman–Crippen MR) is 96.1 cm³/mol. The number of hydrogen-bond donors (Lipinski definition) is 0. The van der Waals surface area contributed by atoms with Crippen LogP contribution in [0.2, 0.25) is 0 Å². The van der Waals surface area contributed by atoms with Crippen LogP contribution in [0.15, 0.2) is 30.6 Å². The normalized spacial score (nSPS) is 17.3. The lowest BCUT2D eigenvalue weighted by molar-refractivity contribution is 0.0382. The fraction of sp³-hybridized carbons (Fsp3) is 0.368. The number of aryl methyl sites for hydroxylation is 1. The minimum atomic E-state index is 0.230. The average Bonchev–Trinajstić information content (AvgIpc) is 2.95. The second kappa shape index (κ2) is 5.88. The van der Waals surface area contributed by atoms with E-state index in [0.29, 0.717) is 13.2 Å². The van der Waals surface area contributed by atoms with Crippen LogP contribution in [0.5, 0.6) is 17.2 Å². The first-order chi connectivity index (χ1) is 12.7. The highest BCUT2D eigenvalue weighted by atomic mass is 16.6. The third kappa shape index (κ3) is 2.55. The third-order valence-corrected chi connectivity index (χ3v) is 4.79. The van der Waals surface area contributed by atoms with Crippen LogP contribution < -0.4 is 14.2 Å². The van der Waals surface area contributed by atoms with Crippen molar-refractivity contribution in [3.8, 4) is 28.4 Å². The van der Waals surface area contributed by atoms with Crippen LogP contribution in [-0.2, 0) is 0 Å². The van der Waals surface area contributed by atoms with E-state index in [-0.39, 0.29) is 6.10 Å². The van der Waals surface area contributed by atoms with Gasteiger partial charge in [0.25, 0.3) is 0 Å². The van der Waals surface area contributed by atoms with Crippen molar-refractivity contribution in [2.45, 2.75) is 13.0 Å². The quantitative estimate of drug-likeness (QED) is 0.720. The van der Waals surface area contributed by atoms with Gasteiger partial charge >= 0.3 is 0 Å². The van der Waals surface area contributed by atoms with Crippen molar-refractivity contribution in [2.75, 3.05) is 33.4 Å². The van der Waals surface area contributed by atoms with Crippen molar-refractivity contribution in [3.63, 3.8) is 0 Å². The Morgan fingerprint density at radius 3 is 2.77 bits per heavy atom. The molecular weight excluding hydrogens is 332 g/mol. The highest BCUT2D eigenvalue weighted by Crippen LogP contribution is 2.36. The molecule has 3 aromatic rings. The number of ether oxygens (including phenoxy) is 3. The van der Waals surface area contributed by atoms with Gasteiger partial charge in [-0.05, 0) is 31.7 Å². The van der Waals surface area contributed by atoms with Crippen LogP contribution >= 0.6 is 0 Å². The Hall–Kier alpha value is -2.80. The summed E-state index contributed by atoms with van der Waals surface area (Å²) in [7, 11) is 2.08. The van der Waals surface area contributed by atoms with Gasteiger partial charge < -0.3 is 14.2 Å². The molecule has 0 spiro atoms. The summed E-state index contributed by atoms with van der Waals surface area (Å²) in [5.74, 6) is 2.29. The van der Waals surface area contributed by atoms with Crippen LogP contribution in [0.25, 0.3) is 16.8 Å². The zero-order valence-electron chi connectivity index (χ0n) is 14.8. The molecule has 4 heterocycles. The van der Waals surface area contributed by atoms with E-state index < -0.39 is 0 Å². The van der Waals surface area contributed by atoms with Crippen LogP contribution in [0.1, 0.15) is 5.69 Å². The van der Waals surface area contributed by atoms with E-state index in [1.165, 1.54) is 0 Å². The van der Waals surface area contributed by atoms with Crippen molar-refractivity contribution in [1.82, 2.24) is 19.5 Å². The molecule has 1 fully saturated rings. The molecule has 2 aliphatic heterocycles. The second-order valence-electron chi connectivity index (χ2n) is 6.84. The van der Waals surface area contributed by atoms with Gasteiger partial charge in [-0.25, -0.2) is 9.50 Å². The number of hydrogen-bond acceptors (Lipinski definition) is 6. The summed E-state index contributed by atoms with van der Waals surface area (Å²) in [6.45, 7) is 5.03. The van der Waals surface area contributed by atoms with Gasteiger partial charge in [-0.3, -0.25) is 4.90 Å². The number of likely N-dealkylation sites (N-methyl/N-ethyl adjacent to an activating group) is 1. The fourth-order valence-electron chi connectivity index (χ4n) is 3.53. The molecule has 0 amide bonds. The molecular formula is C19H20N4O3. The highest BCUT2D eigenvalue weighted by molar-refractivity contribution is 5.81. The molecule has 0 radical (unpaired) electrons. The van der Waals surface area contributed by atoms with Gasteiger partial charge in [-0.15, -0.1) is 0 Å². The van der Waals surface area contributed by atoms with Gasteiger partial charge in [-0.1, -0.05) is 6.07 Å². The molecule has 7 nitrogen and oxygen atoms in total. The molecule has 26 heavy (non-hydrogen) atoms. The summed E-state index contributed by atoms with van der Waals surface area (Å²) in [4.78, 5) is 6.83. The van der Waals surface area contributed by atoms with Gasteiger partial charge in [0, 0.05) is 18.7 Å². The van der Waals surface area contributed by atoms with E-state index in [1.807, 2.05) is 31.3 Å². The largest absolute Gasteiger partial charge is 0.486 e. The minimum Gasteiger partial charge on any atom is -0.486 e. The smallest absolute Gasteiger partial charge is 0.163 e. The molecule has 0 aliphatic carbocycles. The maximum absolute atomic E-state index is 5.96. The van der Waals surface area contributed by atoms with Crippen LogP contribution in [0.3, 0.4) is 0 Å². The zero-order valence-corrected chi connectivity index (χ0v) is 14.8. The molecule has 134 valence electrons. The van der Waals surface area contributed by atoms with Crippen molar-refractivity contribution >= 4 is 5.65 Å². The first kappa shape index (κ1) is 15.5.